The van der Waals surface area contributed by atoms with E-state index in [1.54, 1.807) is 0 Å². The Morgan fingerprint density at radius 2 is 1.93 bits per heavy atom. The summed E-state index contributed by atoms with van der Waals surface area (Å²) in [7, 11) is 0. The molecule has 5 aromatic rings. The number of nitrogens with one attached hydrogen (secondary N) is 1. The fourth-order valence-electron chi connectivity index (χ4n) is 6.19. The smallest absolute Gasteiger partial charge is 0.377 e. The number of aromatic nitrogens is 7. The molecular formula is C30H30ClFN8O3. The molecule has 0 bridgehead atoms. The molecule has 1 saturated carbocycles. The number of ether oxygens (including phenoxy) is 1. The Bertz CT molecular complexity index is 1820. The van der Waals surface area contributed by atoms with Gasteiger partial charge in [0.1, 0.15) is 11.2 Å². The van der Waals surface area contributed by atoms with Crippen molar-refractivity contribution in [3.05, 3.63) is 69.7 Å². The lowest BCUT2D eigenvalue weighted by Gasteiger charge is -2.37. The van der Waals surface area contributed by atoms with Crippen molar-refractivity contribution in [2.45, 2.75) is 45.2 Å². The summed E-state index contributed by atoms with van der Waals surface area (Å²) < 4.78 is 28.2. The number of nitrogens with zero attached hydrogens (tertiary/aromatic N) is 7. The molecule has 43 heavy (non-hydrogen) atoms. The number of H-pyrrole nitrogens is 1. The van der Waals surface area contributed by atoms with Crippen LogP contribution in [0.15, 0.2) is 51.9 Å². The van der Waals surface area contributed by atoms with Crippen LogP contribution in [0.25, 0.3) is 34.1 Å². The molecule has 13 heteroatoms. The first-order valence-electron chi connectivity index (χ1n) is 14.5. The zero-order valence-electron chi connectivity index (χ0n) is 23.5. The molecule has 1 aliphatic carbocycles. The molecule has 4 aromatic heterocycles. The average molecular weight is 605 g/mol. The van der Waals surface area contributed by atoms with Gasteiger partial charge in [0.05, 0.1) is 29.8 Å². The molecule has 222 valence electrons. The van der Waals surface area contributed by atoms with Crippen LogP contribution in [0.5, 0.6) is 0 Å². The third-order valence-electron chi connectivity index (χ3n) is 8.44. The van der Waals surface area contributed by atoms with E-state index in [1.807, 2.05) is 18.2 Å². The first kappa shape index (κ1) is 27.7. The predicted octanol–water partition coefficient (Wildman–Crippen LogP) is 5.43. The number of halogens is 2. The number of hydrogen-bond acceptors (Lipinski definition) is 9. The van der Waals surface area contributed by atoms with Crippen molar-refractivity contribution in [1.82, 2.24) is 34.6 Å². The molecule has 0 amide bonds. The van der Waals surface area contributed by atoms with Crippen molar-refractivity contribution in [3.63, 3.8) is 0 Å². The van der Waals surface area contributed by atoms with Crippen LogP contribution in [0.1, 0.15) is 44.2 Å². The number of imidazole rings is 1. The van der Waals surface area contributed by atoms with E-state index in [9.17, 15) is 4.79 Å². The third kappa shape index (κ3) is 5.40. The van der Waals surface area contributed by atoms with Crippen LogP contribution in [0.3, 0.4) is 0 Å². The van der Waals surface area contributed by atoms with Crippen molar-refractivity contribution in [1.29, 1.82) is 0 Å². The van der Waals surface area contributed by atoms with Gasteiger partial charge >= 0.3 is 5.76 Å². The van der Waals surface area contributed by atoms with Crippen LogP contribution in [-0.2, 0) is 11.3 Å². The van der Waals surface area contributed by atoms with Gasteiger partial charge in [-0.25, -0.2) is 19.7 Å². The van der Waals surface area contributed by atoms with Crippen molar-refractivity contribution >= 4 is 28.7 Å². The van der Waals surface area contributed by atoms with Gasteiger partial charge in [-0.2, -0.15) is 9.37 Å². The van der Waals surface area contributed by atoms with Crippen molar-refractivity contribution in [2.75, 3.05) is 24.7 Å². The Morgan fingerprint density at radius 3 is 2.70 bits per heavy atom. The molecule has 1 aliphatic heterocycles. The van der Waals surface area contributed by atoms with Crippen LogP contribution in [0.2, 0.25) is 5.02 Å². The van der Waals surface area contributed by atoms with E-state index in [-0.39, 0.29) is 34.0 Å². The quantitative estimate of drug-likeness (QED) is 0.252. The summed E-state index contributed by atoms with van der Waals surface area (Å²) in [6.07, 6.45) is 5.70. The molecule has 5 heterocycles. The lowest BCUT2D eigenvalue weighted by atomic mass is 9.83. The fourth-order valence-corrected chi connectivity index (χ4v) is 6.35. The summed E-state index contributed by atoms with van der Waals surface area (Å²) in [5.74, 6) is 0.333. The van der Waals surface area contributed by atoms with Gasteiger partial charge in [-0.05, 0) is 36.3 Å². The molecule has 0 spiro atoms. The van der Waals surface area contributed by atoms with Crippen molar-refractivity contribution < 1.29 is 13.7 Å². The van der Waals surface area contributed by atoms with Gasteiger partial charge in [0.15, 0.2) is 5.65 Å². The number of benzene rings is 1. The van der Waals surface area contributed by atoms with E-state index in [1.165, 1.54) is 12.3 Å². The van der Waals surface area contributed by atoms with Gasteiger partial charge in [0, 0.05) is 19.3 Å². The Morgan fingerprint density at radius 1 is 1.12 bits per heavy atom. The molecule has 7 rings (SSSR count). The number of anilines is 1. The van der Waals surface area contributed by atoms with Gasteiger partial charge in [0.2, 0.25) is 23.5 Å². The first-order chi connectivity index (χ1) is 20.9. The fraction of sp³-hybridized carbons (Fsp3) is 0.400. The molecule has 1 atom stereocenters. The summed E-state index contributed by atoms with van der Waals surface area (Å²) in [4.78, 5) is 34.9. The Labute approximate surface area is 251 Å². The van der Waals surface area contributed by atoms with Crippen LogP contribution >= 0.6 is 11.6 Å². The summed E-state index contributed by atoms with van der Waals surface area (Å²) in [5.41, 5.74) is 2.34. The SMILES string of the molecule is C[C@H]1CC[C@H](Cn2c(N3CCOC[C@H]3c3ccccc3)nc3nc(-c4noc(=O)[nH]4)nc(-c4cc(Cl)cnc4F)c32)CC1. The van der Waals surface area contributed by atoms with Gasteiger partial charge in [0.25, 0.3) is 0 Å². The predicted molar refractivity (Wildman–Crippen MR) is 158 cm³/mol. The summed E-state index contributed by atoms with van der Waals surface area (Å²) in [5, 5.41) is 4.03. The maximum atomic E-state index is 15.4. The summed E-state index contributed by atoms with van der Waals surface area (Å²) >= 11 is 6.31. The van der Waals surface area contributed by atoms with Gasteiger partial charge in [-0.3, -0.25) is 9.51 Å². The first-order valence-corrected chi connectivity index (χ1v) is 14.9. The normalized spacial score (nSPS) is 21.0. The van der Waals surface area contributed by atoms with Crippen LogP contribution < -0.4 is 10.7 Å². The largest absolute Gasteiger partial charge is 0.439 e. The van der Waals surface area contributed by atoms with E-state index < -0.39 is 11.7 Å². The Hall–Kier alpha value is -4.16. The summed E-state index contributed by atoms with van der Waals surface area (Å²) in [6, 6.07) is 11.6. The van der Waals surface area contributed by atoms with E-state index in [0.29, 0.717) is 55.3 Å². The van der Waals surface area contributed by atoms with Crippen LogP contribution in [0, 0.1) is 17.8 Å². The van der Waals surface area contributed by atoms with E-state index in [2.05, 4.69) is 43.6 Å². The minimum atomic E-state index is -0.757. The molecule has 11 nitrogen and oxygen atoms in total. The maximum absolute atomic E-state index is 15.4. The van der Waals surface area contributed by atoms with Crippen LogP contribution in [-0.4, -0.2) is 54.4 Å². The van der Waals surface area contributed by atoms with Crippen LogP contribution in [0.4, 0.5) is 10.3 Å². The van der Waals surface area contributed by atoms with Crippen molar-refractivity contribution in [2.24, 2.45) is 11.8 Å². The lowest BCUT2D eigenvalue weighted by Crippen LogP contribution is -2.41. The molecule has 1 saturated heterocycles. The third-order valence-corrected chi connectivity index (χ3v) is 8.65. The van der Waals surface area contributed by atoms with E-state index >= 15 is 4.39 Å². The standard InChI is InChI=1S/C30H30ClFN8O3/c1-17-7-9-18(10-8-17)15-40-24-23(21-13-20(31)14-33-25(21)32)34-27(28-37-30(41)43-38-28)35-26(24)36-29(40)39-11-12-42-16-22(39)19-5-3-2-4-6-19/h2-6,13-14,17-18,22H,7-12,15-16H2,1H3,(H,37,38,41)/t17-,18-,22-/m0/s1. The number of fused-ring (bicyclic) bond motifs is 1. The van der Waals surface area contributed by atoms with Gasteiger partial charge < -0.3 is 14.2 Å². The van der Waals surface area contributed by atoms with Gasteiger partial charge in [-0.1, -0.05) is 66.9 Å². The maximum Gasteiger partial charge on any atom is 0.439 e. The molecular weight excluding hydrogens is 575 g/mol. The average Bonchev–Trinajstić information content (AvgIpc) is 3.63. The minimum Gasteiger partial charge on any atom is -0.377 e. The highest BCUT2D eigenvalue weighted by molar-refractivity contribution is 6.30. The molecule has 0 unspecified atom stereocenters. The number of aromatic amines is 1. The lowest BCUT2D eigenvalue weighted by molar-refractivity contribution is 0.0927. The molecule has 0 radical (unpaired) electrons. The Kier molecular flexibility index (Phi) is 7.39. The number of pyridine rings is 1. The second-order valence-corrected chi connectivity index (χ2v) is 11.8. The van der Waals surface area contributed by atoms with Crippen molar-refractivity contribution in [3.8, 4) is 22.9 Å². The number of hydrogen-bond donors (Lipinski definition) is 1. The monoisotopic (exact) mass is 604 g/mol. The topological polar surface area (TPSA) is 128 Å². The Balaban J connectivity index is 1.47. The number of rotatable bonds is 6. The highest BCUT2D eigenvalue weighted by Gasteiger charge is 2.33. The van der Waals surface area contributed by atoms with Gasteiger partial charge in [-0.15, -0.1) is 0 Å². The highest BCUT2D eigenvalue weighted by atomic mass is 35.5. The second-order valence-electron chi connectivity index (χ2n) is 11.3. The molecule has 2 aliphatic rings. The molecule has 1 N–H and O–H groups in total. The minimum absolute atomic E-state index is 0.00875. The molecule has 2 fully saturated rings. The van der Waals surface area contributed by atoms with E-state index in [4.69, 9.17) is 35.8 Å². The zero-order valence-corrected chi connectivity index (χ0v) is 24.3. The number of morpholine rings is 1. The highest BCUT2D eigenvalue weighted by Crippen LogP contribution is 2.39. The summed E-state index contributed by atoms with van der Waals surface area (Å²) in [6.45, 7) is 4.58. The zero-order chi connectivity index (χ0) is 29.5. The van der Waals surface area contributed by atoms with E-state index in [0.717, 1.165) is 31.2 Å². The molecule has 1 aromatic carbocycles. The second kappa shape index (κ2) is 11.5.